The van der Waals surface area contributed by atoms with Crippen molar-refractivity contribution in [1.29, 1.82) is 0 Å². The van der Waals surface area contributed by atoms with E-state index in [9.17, 15) is 4.79 Å². The Morgan fingerprint density at radius 2 is 1.18 bits per heavy atom. The molecule has 0 radical (unpaired) electrons. The van der Waals surface area contributed by atoms with Crippen molar-refractivity contribution in [2.24, 2.45) is 0 Å². The van der Waals surface area contributed by atoms with Crippen molar-refractivity contribution in [3.63, 3.8) is 0 Å². The highest BCUT2D eigenvalue weighted by Gasteiger charge is 2.21. The summed E-state index contributed by atoms with van der Waals surface area (Å²) in [7, 11) is 0. The number of rotatable bonds is 9. The Morgan fingerprint density at radius 1 is 0.697 bits per heavy atom. The standard InChI is InChI=1S/C29H33N3O/c33-29(32(23-27-13-6-2-7-14-27)24-28-15-8-3-9-16-28)25-31-21-19-30(20-22-31)18-10-17-26-11-4-1-5-12-26/h1-17H,18-25H2/b17-10+. The van der Waals surface area contributed by atoms with Crippen LogP contribution in [0, 0.1) is 0 Å². The third-order valence-corrected chi connectivity index (χ3v) is 6.08. The molecule has 4 nitrogen and oxygen atoms in total. The predicted molar refractivity (Wildman–Crippen MR) is 135 cm³/mol. The fraction of sp³-hybridized carbons (Fsp3) is 0.276. The van der Waals surface area contributed by atoms with Crippen LogP contribution in [0.1, 0.15) is 16.7 Å². The summed E-state index contributed by atoms with van der Waals surface area (Å²) < 4.78 is 0. The summed E-state index contributed by atoms with van der Waals surface area (Å²) in [5, 5.41) is 0. The minimum atomic E-state index is 0.195. The molecule has 0 bridgehead atoms. The first-order valence-electron chi connectivity index (χ1n) is 11.8. The van der Waals surface area contributed by atoms with Crippen molar-refractivity contribution >= 4 is 12.0 Å². The molecule has 1 aliphatic rings. The Bertz CT molecular complexity index is 955. The molecule has 0 spiro atoms. The van der Waals surface area contributed by atoms with Crippen LogP contribution in [0.2, 0.25) is 0 Å². The monoisotopic (exact) mass is 439 g/mol. The summed E-state index contributed by atoms with van der Waals surface area (Å²) >= 11 is 0. The number of hydrogen-bond acceptors (Lipinski definition) is 3. The Morgan fingerprint density at radius 3 is 1.73 bits per heavy atom. The molecule has 3 aromatic rings. The van der Waals surface area contributed by atoms with Crippen LogP contribution < -0.4 is 0 Å². The fourth-order valence-electron chi connectivity index (χ4n) is 4.16. The summed E-state index contributed by atoms with van der Waals surface area (Å²) in [6.07, 6.45) is 4.42. The molecule has 0 unspecified atom stereocenters. The van der Waals surface area contributed by atoms with Crippen molar-refractivity contribution in [1.82, 2.24) is 14.7 Å². The second-order valence-electron chi connectivity index (χ2n) is 8.61. The highest BCUT2D eigenvalue weighted by Crippen LogP contribution is 2.12. The van der Waals surface area contributed by atoms with Gasteiger partial charge < -0.3 is 4.90 Å². The molecule has 0 atom stereocenters. The Hall–Kier alpha value is -3.21. The van der Waals surface area contributed by atoms with Crippen LogP contribution >= 0.6 is 0 Å². The number of hydrogen-bond donors (Lipinski definition) is 0. The molecule has 1 amide bonds. The van der Waals surface area contributed by atoms with Gasteiger partial charge in [-0.1, -0.05) is 103 Å². The second kappa shape index (κ2) is 12.1. The number of piperazine rings is 1. The van der Waals surface area contributed by atoms with Gasteiger partial charge in [-0.25, -0.2) is 0 Å². The molecule has 1 aliphatic heterocycles. The first kappa shape index (κ1) is 23.0. The van der Waals surface area contributed by atoms with E-state index < -0.39 is 0 Å². The van der Waals surface area contributed by atoms with Crippen LogP contribution in [0.4, 0.5) is 0 Å². The summed E-state index contributed by atoms with van der Waals surface area (Å²) in [5.74, 6) is 0.195. The minimum Gasteiger partial charge on any atom is -0.333 e. The number of nitrogens with zero attached hydrogens (tertiary/aromatic N) is 3. The van der Waals surface area contributed by atoms with E-state index in [0.717, 1.165) is 43.9 Å². The highest BCUT2D eigenvalue weighted by molar-refractivity contribution is 5.78. The predicted octanol–water partition coefficient (Wildman–Crippen LogP) is 4.55. The lowest BCUT2D eigenvalue weighted by atomic mass is 10.1. The van der Waals surface area contributed by atoms with Gasteiger partial charge in [-0.05, 0) is 16.7 Å². The maximum atomic E-state index is 13.3. The Balaban J connectivity index is 1.29. The van der Waals surface area contributed by atoms with Crippen molar-refractivity contribution in [2.45, 2.75) is 13.1 Å². The van der Waals surface area contributed by atoms with Crippen LogP contribution in [-0.2, 0) is 17.9 Å². The van der Waals surface area contributed by atoms with E-state index in [0.29, 0.717) is 19.6 Å². The Kier molecular flexibility index (Phi) is 8.45. The molecule has 0 aliphatic carbocycles. The van der Waals surface area contributed by atoms with Crippen LogP contribution in [0.3, 0.4) is 0 Å². The molecular weight excluding hydrogens is 406 g/mol. The number of benzene rings is 3. The van der Waals surface area contributed by atoms with Gasteiger partial charge in [0.15, 0.2) is 0 Å². The maximum Gasteiger partial charge on any atom is 0.237 e. The molecule has 1 heterocycles. The van der Waals surface area contributed by atoms with Gasteiger partial charge in [-0.2, -0.15) is 0 Å². The number of amides is 1. The van der Waals surface area contributed by atoms with Crippen molar-refractivity contribution in [3.8, 4) is 0 Å². The number of carbonyl (C=O) groups excluding carboxylic acids is 1. The van der Waals surface area contributed by atoms with Gasteiger partial charge in [0, 0.05) is 45.8 Å². The first-order chi connectivity index (χ1) is 16.3. The lowest BCUT2D eigenvalue weighted by Crippen LogP contribution is -2.49. The van der Waals surface area contributed by atoms with Gasteiger partial charge in [-0.3, -0.25) is 14.6 Å². The van der Waals surface area contributed by atoms with E-state index in [1.165, 1.54) is 5.56 Å². The van der Waals surface area contributed by atoms with Gasteiger partial charge in [-0.15, -0.1) is 0 Å². The third kappa shape index (κ3) is 7.41. The van der Waals surface area contributed by atoms with Crippen molar-refractivity contribution < 1.29 is 4.79 Å². The molecule has 170 valence electrons. The molecule has 0 aromatic heterocycles. The minimum absolute atomic E-state index is 0.195. The zero-order chi connectivity index (χ0) is 22.7. The number of carbonyl (C=O) groups is 1. The molecule has 4 heteroatoms. The SMILES string of the molecule is O=C(CN1CCN(C/C=C/c2ccccc2)CC1)N(Cc1ccccc1)Cc1ccccc1. The zero-order valence-electron chi connectivity index (χ0n) is 19.2. The largest absolute Gasteiger partial charge is 0.333 e. The summed E-state index contributed by atoms with van der Waals surface area (Å²) in [6, 6.07) is 30.9. The summed E-state index contributed by atoms with van der Waals surface area (Å²) in [6.45, 7) is 6.54. The molecule has 0 saturated carbocycles. The normalized spacial score (nSPS) is 15.0. The van der Waals surface area contributed by atoms with Crippen LogP contribution in [0.5, 0.6) is 0 Å². The van der Waals surface area contributed by atoms with Gasteiger partial charge >= 0.3 is 0 Å². The van der Waals surface area contributed by atoms with Gasteiger partial charge in [0.1, 0.15) is 0 Å². The molecule has 0 N–H and O–H groups in total. The lowest BCUT2D eigenvalue weighted by molar-refractivity contribution is -0.134. The van der Waals surface area contributed by atoms with Gasteiger partial charge in [0.2, 0.25) is 5.91 Å². The van der Waals surface area contributed by atoms with Gasteiger partial charge in [0.25, 0.3) is 0 Å². The van der Waals surface area contributed by atoms with Gasteiger partial charge in [0.05, 0.1) is 6.54 Å². The molecule has 3 aromatic carbocycles. The van der Waals surface area contributed by atoms with Crippen molar-refractivity contribution in [2.75, 3.05) is 39.3 Å². The van der Waals surface area contributed by atoms with Crippen LogP contribution in [0.15, 0.2) is 97.1 Å². The second-order valence-corrected chi connectivity index (χ2v) is 8.61. The zero-order valence-corrected chi connectivity index (χ0v) is 19.2. The van der Waals surface area contributed by atoms with E-state index in [-0.39, 0.29) is 5.91 Å². The molecule has 1 fully saturated rings. The van der Waals surface area contributed by atoms with E-state index in [2.05, 4.69) is 70.5 Å². The average Bonchev–Trinajstić information content (AvgIpc) is 2.87. The van der Waals surface area contributed by atoms with Crippen LogP contribution in [0.25, 0.3) is 6.08 Å². The van der Waals surface area contributed by atoms with E-state index >= 15 is 0 Å². The summed E-state index contributed by atoms with van der Waals surface area (Å²) in [4.78, 5) is 20.0. The smallest absolute Gasteiger partial charge is 0.237 e. The molecule has 1 saturated heterocycles. The van der Waals surface area contributed by atoms with E-state index in [4.69, 9.17) is 0 Å². The quantitative estimate of drug-likeness (QED) is 0.490. The third-order valence-electron chi connectivity index (χ3n) is 6.08. The fourth-order valence-corrected chi connectivity index (χ4v) is 4.16. The summed E-state index contributed by atoms with van der Waals surface area (Å²) in [5.41, 5.74) is 3.56. The van der Waals surface area contributed by atoms with Crippen LogP contribution in [-0.4, -0.2) is 59.9 Å². The molecule has 33 heavy (non-hydrogen) atoms. The molecular formula is C29H33N3O. The Labute approximate surface area is 197 Å². The van der Waals surface area contributed by atoms with E-state index in [1.807, 2.05) is 47.4 Å². The highest BCUT2D eigenvalue weighted by atomic mass is 16.2. The lowest BCUT2D eigenvalue weighted by Gasteiger charge is -2.35. The maximum absolute atomic E-state index is 13.3. The average molecular weight is 440 g/mol. The van der Waals surface area contributed by atoms with Crippen molar-refractivity contribution in [3.05, 3.63) is 114 Å². The topological polar surface area (TPSA) is 26.8 Å². The first-order valence-corrected chi connectivity index (χ1v) is 11.8. The molecule has 4 rings (SSSR count). The van der Waals surface area contributed by atoms with E-state index in [1.54, 1.807) is 0 Å².